The highest BCUT2D eigenvalue weighted by atomic mass is 35.5. The number of nitrogens with one attached hydrogen (secondary N) is 2. The highest BCUT2D eigenvalue weighted by molar-refractivity contribution is 6.33. The van der Waals surface area contributed by atoms with Crippen LogP contribution in [0.25, 0.3) is 33.1 Å². The van der Waals surface area contributed by atoms with E-state index in [1.807, 2.05) is 6.07 Å². The van der Waals surface area contributed by atoms with E-state index in [-0.39, 0.29) is 35.3 Å². The summed E-state index contributed by atoms with van der Waals surface area (Å²) in [6.45, 7) is 5.66. The van der Waals surface area contributed by atoms with Crippen LogP contribution in [0.2, 0.25) is 5.02 Å². The molecule has 9 rings (SSSR count). The van der Waals surface area contributed by atoms with Gasteiger partial charge < -0.3 is 19.7 Å². The zero-order valence-electron chi connectivity index (χ0n) is 25.1. The standard InChI is InChI=1S/C32H37ClF2N8O2/c33-24-10-25-22(14-38-41-25)26-21(24)4-1-2-9-44-17-19-12-36-6-8-42(15-19)30-23-13-37-29(26)27(35)28(23)39-31(40-30)45-18-32-5-3-7-43(32)16-20(34)11-32/h10,13-14,19-20,36H,1-9,11-12,15-18H2,(H,38,41)/t19-,20+,32-/m0/s1. The average Bonchev–Trinajstić information content (AvgIpc) is 3.67. The fraction of sp³-hybridized carbons (Fsp3) is 0.562. The largest absolute Gasteiger partial charge is 0.461 e. The summed E-state index contributed by atoms with van der Waals surface area (Å²) in [6, 6.07) is 1.92. The number of ether oxygens (including phenoxy) is 2. The van der Waals surface area contributed by atoms with Crippen molar-refractivity contribution >= 4 is 39.2 Å². The summed E-state index contributed by atoms with van der Waals surface area (Å²) in [7, 11) is 0. The van der Waals surface area contributed by atoms with E-state index in [4.69, 9.17) is 31.0 Å². The Balaban J connectivity index is 1.29. The van der Waals surface area contributed by atoms with Crippen LogP contribution in [0.5, 0.6) is 6.01 Å². The lowest BCUT2D eigenvalue weighted by Gasteiger charge is -2.31. The Morgan fingerprint density at radius 3 is 3.00 bits per heavy atom. The fourth-order valence-corrected chi connectivity index (χ4v) is 8.11. The van der Waals surface area contributed by atoms with Gasteiger partial charge in [-0.3, -0.25) is 15.0 Å². The minimum atomic E-state index is -0.879. The third kappa shape index (κ3) is 5.29. The predicted octanol–water partition coefficient (Wildman–Crippen LogP) is 4.69. The van der Waals surface area contributed by atoms with E-state index in [1.165, 1.54) is 0 Å². The Hall–Kier alpha value is -3.19. The number of H-pyrrole nitrogens is 1. The smallest absolute Gasteiger partial charge is 0.319 e. The van der Waals surface area contributed by atoms with Crippen LogP contribution in [-0.2, 0) is 11.2 Å². The Morgan fingerprint density at radius 1 is 1.13 bits per heavy atom. The molecule has 0 unspecified atom stereocenters. The van der Waals surface area contributed by atoms with Crippen LogP contribution in [0.1, 0.15) is 37.7 Å². The summed E-state index contributed by atoms with van der Waals surface area (Å²) in [5, 5.41) is 12.5. The predicted molar refractivity (Wildman–Crippen MR) is 168 cm³/mol. The van der Waals surface area contributed by atoms with Crippen LogP contribution < -0.4 is 15.0 Å². The third-order valence-corrected chi connectivity index (χ3v) is 10.3. The van der Waals surface area contributed by atoms with E-state index in [0.29, 0.717) is 73.0 Å². The molecule has 13 heteroatoms. The molecule has 238 valence electrons. The van der Waals surface area contributed by atoms with E-state index in [1.54, 1.807) is 12.4 Å². The molecule has 2 N–H and O–H groups in total. The first-order valence-corrected chi connectivity index (χ1v) is 16.4. The van der Waals surface area contributed by atoms with Gasteiger partial charge in [-0.25, -0.2) is 8.78 Å². The van der Waals surface area contributed by atoms with Crippen molar-refractivity contribution in [1.29, 1.82) is 0 Å². The molecule has 0 radical (unpaired) electrons. The van der Waals surface area contributed by atoms with Crippen molar-refractivity contribution in [3.05, 3.63) is 34.9 Å². The molecule has 8 heterocycles. The Kier molecular flexibility index (Phi) is 7.71. The Morgan fingerprint density at radius 2 is 2.07 bits per heavy atom. The van der Waals surface area contributed by atoms with E-state index >= 15 is 4.39 Å². The molecule has 6 bridgehead atoms. The number of pyridine rings is 1. The molecule has 0 saturated carbocycles. The van der Waals surface area contributed by atoms with Crippen molar-refractivity contribution < 1.29 is 18.3 Å². The van der Waals surface area contributed by atoms with Crippen molar-refractivity contribution in [1.82, 2.24) is 35.4 Å². The summed E-state index contributed by atoms with van der Waals surface area (Å²) in [6.07, 6.45) is 7.06. The van der Waals surface area contributed by atoms with Gasteiger partial charge in [-0.05, 0) is 50.3 Å². The number of alkyl halides is 1. The van der Waals surface area contributed by atoms with Crippen LogP contribution in [0, 0.1) is 11.7 Å². The molecular formula is C32H37ClF2N8O2. The second-order valence-corrected chi connectivity index (χ2v) is 13.4. The van der Waals surface area contributed by atoms with Gasteiger partial charge >= 0.3 is 6.01 Å². The molecule has 3 aromatic heterocycles. The number of hydrogen-bond donors (Lipinski definition) is 2. The second-order valence-electron chi connectivity index (χ2n) is 13.0. The van der Waals surface area contributed by atoms with Gasteiger partial charge in [0.2, 0.25) is 0 Å². The number of hydrogen-bond acceptors (Lipinski definition) is 9. The summed E-state index contributed by atoms with van der Waals surface area (Å²) in [4.78, 5) is 18.6. The number of aromatic nitrogens is 5. The van der Waals surface area contributed by atoms with Gasteiger partial charge in [0, 0.05) is 73.8 Å². The number of aromatic amines is 1. The van der Waals surface area contributed by atoms with Crippen molar-refractivity contribution in [3.8, 4) is 17.3 Å². The van der Waals surface area contributed by atoms with Crippen molar-refractivity contribution in [2.75, 3.05) is 64.0 Å². The molecule has 0 amide bonds. The zero-order chi connectivity index (χ0) is 30.5. The first kappa shape index (κ1) is 29.2. The maximum Gasteiger partial charge on any atom is 0.319 e. The van der Waals surface area contributed by atoms with Crippen molar-refractivity contribution in [3.63, 3.8) is 0 Å². The molecule has 3 fully saturated rings. The topological polar surface area (TPSA) is 104 Å². The number of nitrogens with zero attached hydrogens (tertiary/aromatic N) is 6. The van der Waals surface area contributed by atoms with Gasteiger partial charge in [0.05, 0.1) is 29.2 Å². The Labute approximate surface area is 264 Å². The van der Waals surface area contributed by atoms with Gasteiger partial charge in [-0.15, -0.1) is 0 Å². The summed E-state index contributed by atoms with van der Waals surface area (Å²) >= 11 is 6.83. The molecule has 1 aromatic carbocycles. The van der Waals surface area contributed by atoms with Gasteiger partial charge in [0.25, 0.3) is 0 Å². The van der Waals surface area contributed by atoms with Crippen molar-refractivity contribution in [2.24, 2.45) is 5.92 Å². The monoisotopic (exact) mass is 638 g/mol. The molecule has 4 aromatic rings. The maximum absolute atomic E-state index is 17.0. The first-order valence-electron chi connectivity index (χ1n) is 16.1. The fourth-order valence-electron chi connectivity index (χ4n) is 7.81. The third-order valence-electron chi connectivity index (χ3n) is 10.00. The molecule has 3 atom stereocenters. The maximum atomic E-state index is 17.0. The quantitative estimate of drug-likeness (QED) is 0.331. The lowest BCUT2D eigenvalue weighted by atomic mass is 9.95. The van der Waals surface area contributed by atoms with Crippen LogP contribution in [0.4, 0.5) is 14.6 Å². The lowest BCUT2D eigenvalue weighted by molar-refractivity contribution is 0.0993. The summed E-state index contributed by atoms with van der Waals surface area (Å²) in [5.41, 5.74) is 2.05. The van der Waals surface area contributed by atoms with Gasteiger partial charge in [0.15, 0.2) is 5.82 Å². The number of benzene rings is 1. The first-order chi connectivity index (χ1) is 22.0. The average molecular weight is 639 g/mol. The molecule has 5 aliphatic heterocycles. The number of halogens is 3. The molecule has 5 aliphatic rings. The van der Waals surface area contributed by atoms with Crippen LogP contribution in [0.3, 0.4) is 0 Å². The highest BCUT2D eigenvalue weighted by Gasteiger charge is 2.49. The molecule has 3 saturated heterocycles. The number of rotatable bonds is 3. The lowest BCUT2D eigenvalue weighted by Crippen LogP contribution is -2.43. The molecule has 0 spiro atoms. The Bertz CT molecular complexity index is 1740. The summed E-state index contributed by atoms with van der Waals surface area (Å²) in [5.74, 6) is 0.226. The van der Waals surface area contributed by atoms with Gasteiger partial charge in [0.1, 0.15) is 29.8 Å². The molecule has 0 aliphatic carbocycles. The molecular weight excluding hydrogens is 602 g/mol. The number of anilines is 1. The molecule has 10 nitrogen and oxygen atoms in total. The zero-order valence-corrected chi connectivity index (χ0v) is 25.9. The SMILES string of the molecule is Fc1c2ncc3c(nc(OC[C@@]45CCCN4C[C@H](F)C5)nc13)N1CCNC[C@H](COCCCCc3c(Cl)cc4[nH]ncc4c3-2)C1. The van der Waals surface area contributed by atoms with Gasteiger partial charge in [-0.1, -0.05) is 11.6 Å². The summed E-state index contributed by atoms with van der Waals surface area (Å²) < 4.78 is 44.0. The normalized spacial score (nSPS) is 26.1. The van der Waals surface area contributed by atoms with E-state index in [2.05, 4.69) is 30.3 Å². The van der Waals surface area contributed by atoms with Crippen LogP contribution in [-0.4, -0.2) is 101 Å². The minimum absolute atomic E-state index is 0.0861. The second kappa shape index (κ2) is 11.9. The number of fused-ring (bicyclic) bond motifs is 8. The van der Waals surface area contributed by atoms with Gasteiger partial charge in [-0.2, -0.15) is 15.1 Å². The van der Waals surface area contributed by atoms with Crippen LogP contribution in [0.15, 0.2) is 18.5 Å². The van der Waals surface area contributed by atoms with Crippen molar-refractivity contribution in [2.45, 2.75) is 50.2 Å². The van der Waals surface area contributed by atoms with E-state index in [0.717, 1.165) is 56.3 Å². The minimum Gasteiger partial charge on any atom is -0.461 e. The van der Waals surface area contributed by atoms with Crippen LogP contribution >= 0.6 is 11.6 Å². The highest BCUT2D eigenvalue weighted by Crippen LogP contribution is 2.42. The molecule has 45 heavy (non-hydrogen) atoms. The van der Waals surface area contributed by atoms with E-state index < -0.39 is 12.0 Å². The van der Waals surface area contributed by atoms with E-state index in [9.17, 15) is 4.39 Å².